The van der Waals surface area contributed by atoms with Crippen LogP contribution in [0.4, 0.5) is 0 Å². The van der Waals surface area contributed by atoms with Crippen LogP contribution in [0.3, 0.4) is 0 Å². The summed E-state index contributed by atoms with van der Waals surface area (Å²) in [5.74, 6) is 1.62. The van der Waals surface area contributed by atoms with E-state index in [1.807, 2.05) is 32.0 Å². The average molecular weight is 461 g/mol. The molecule has 2 N–H and O–H groups in total. The van der Waals surface area contributed by atoms with Gasteiger partial charge in [-0.3, -0.25) is 14.6 Å². The van der Waals surface area contributed by atoms with Gasteiger partial charge in [-0.25, -0.2) is 4.98 Å². The molecule has 1 aromatic carbocycles. The van der Waals surface area contributed by atoms with Gasteiger partial charge in [0.1, 0.15) is 6.26 Å². The Morgan fingerprint density at radius 3 is 2.73 bits per heavy atom. The Morgan fingerprint density at radius 1 is 1.18 bits per heavy atom. The Labute approximate surface area is 193 Å². The summed E-state index contributed by atoms with van der Waals surface area (Å²) in [6.07, 6.45) is 1.03. The molecule has 2 aliphatic rings. The normalized spacial score (nSPS) is 17.5. The van der Waals surface area contributed by atoms with Crippen molar-refractivity contribution in [2.24, 2.45) is 0 Å². The maximum atomic E-state index is 12.5. The summed E-state index contributed by atoms with van der Waals surface area (Å²) in [5.41, 5.74) is 1.17. The van der Waals surface area contributed by atoms with Crippen LogP contribution in [0, 0.1) is 0 Å². The number of amides is 1. The molecule has 0 bridgehead atoms. The number of piperazine rings is 1. The van der Waals surface area contributed by atoms with Crippen LogP contribution in [-0.4, -0.2) is 84.1 Å². The Morgan fingerprint density at radius 2 is 1.94 bits per heavy atom. The summed E-state index contributed by atoms with van der Waals surface area (Å²) in [6, 6.07) is 5.57. The van der Waals surface area contributed by atoms with E-state index in [-0.39, 0.29) is 24.5 Å². The largest absolute Gasteiger partial charge is 0.454 e. The van der Waals surface area contributed by atoms with E-state index in [1.165, 1.54) is 6.26 Å². The monoisotopic (exact) mass is 460 g/mol. The van der Waals surface area contributed by atoms with Crippen molar-refractivity contribution >= 4 is 5.91 Å². The third-order valence-corrected chi connectivity index (χ3v) is 5.59. The molecule has 4 rings (SSSR count). The second-order valence-electron chi connectivity index (χ2n) is 8.61. The molecule has 33 heavy (non-hydrogen) atoms. The molecule has 1 atom stereocenters. The number of carbonyl (C=O) groups is 1. The predicted molar refractivity (Wildman–Crippen MR) is 119 cm³/mol. The number of aliphatic hydroxyl groups is 1. The highest BCUT2D eigenvalue weighted by atomic mass is 16.7. The molecule has 0 unspecified atom stereocenters. The smallest absolute Gasteiger partial charge is 0.273 e. The van der Waals surface area contributed by atoms with Gasteiger partial charge < -0.3 is 29.1 Å². The minimum Gasteiger partial charge on any atom is -0.454 e. The number of rotatable bonds is 10. The Hall–Kier alpha value is -2.66. The van der Waals surface area contributed by atoms with Crippen molar-refractivity contribution in [3.05, 3.63) is 41.6 Å². The molecule has 2 aliphatic heterocycles. The minimum absolute atomic E-state index is 0.118. The summed E-state index contributed by atoms with van der Waals surface area (Å²) < 4.78 is 21.7. The number of benzene rings is 1. The standard InChI is InChI=1S/C23H32N4O6/c1-16(2)30-13-18(28)11-26-5-7-27(8-6-26)12-22-25-19(14-31-22)23(29)24-10-17-3-4-20-21(9-17)33-15-32-20/h3-4,9,14,16,18,28H,5-8,10-13,15H2,1-2H3,(H,24,29)/t18-/m0/s1. The van der Waals surface area contributed by atoms with E-state index >= 15 is 0 Å². The fourth-order valence-corrected chi connectivity index (χ4v) is 3.79. The molecule has 1 saturated heterocycles. The molecule has 10 nitrogen and oxygen atoms in total. The van der Waals surface area contributed by atoms with Crippen LogP contribution in [-0.2, 0) is 17.8 Å². The Kier molecular flexibility index (Phi) is 7.81. The molecule has 1 amide bonds. The van der Waals surface area contributed by atoms with Crippen molar-refractivity contribution in [1.82, 2.24) is 20.1 Å². The topological polar surface area (TPSA) is 110 Å². The summed E-state index contributed by atoms with van der Waals surface area (Å²) in [5, 5.41) is 13.0. The minimum atomic E-state index is -0.482. The molecule has 3 heterocycles. The molecule has 1 fully saturated rings. The molecule has 0 aliphatic carbocycles. The van der Waals surface area contributed by atoms with Gasteiger partial charge in [0.2, 0.25) is 12.7 Å². The maximum Gasteiger partial charge on any atom is 0.273 e. The lowest BCUT2D eigenvalue weighted by Gasteiger charge is -2.35. The first-order chi connectivity index (χ1) is 16.0. The number of hydrogen-bond acceptors (Lipinski definition) is 9. The van der Waals surface area contributed by atoms with Gasteiger partial charge in [0.25, 0.3) is 5.91 Å². The fraction of sp³-hybridized carbons (Fsp3) is 0.565. The third-order valence-electron chi connectivity index (χ3n) is 5.59. The van der Waals surface area contributed by atoms with Gasteiger partial charge in [0, 0.05) is 39.3 Å². The van der Waals surface area contributed by atoms with Gasteiger partial charge in [-0.15, -0.1) is 0 Å². The molecule has 0 radical (unpaired) electrons. The van der Waals surface area contributed by atoms with Crippen molar-refractivity contribution in [2.75, 3.05) is 46.1 Å². The van der Waals surface area contributed by atoms with Crippen LogP contribution in [0.1, 0.15) is 35.8 Å². The van der Waals surface area contributed by atoms with E-state index in [9.17, 15) is 9.90 Å². The number of carbonyl (C=O) groups excluding carboxylic acids is 1. The number of aliphatic hydroxyl groups excluding tert-OH is 1. The second kappa shape index (κ2) is 11.0. The molecule has 2 aromatic rings. The van der Waals surface area contributed by atoms with Gasteiger partial charge in [-0.05, 0) is 31.5 Å². The first-order valence-electron chi connectivity index (χ1n) is 11.3. The van der Waals surface area contributed by atoms with Crippen LogP contribution < -0.4 is 14.8 Å². The quantitative estimate of drug-likeness (QED) is 0.541. The van der Waals surface area contributed by atoms with Gasteiger partial charge in [-0.1, -0.05) is 6.07 Å². The highest BCUT2D eigenvalue weighted by Crippen LogP contribution is 2.32. The van der Waals surface area contributed by atoms with Gasteiger partial charge in [0.05, 0.1) is 25.4 Å². The zero-order valence-corrected chi connectivity index (χ0v) is 19.2. The summed E-state index contributed by atoms with van der Waals surface area (Å²) in [4.78, 5) is 21.3. The molecule has 0 spiro atoms. The van der Waals surface area contributed by atoms with Crippen LogP contribution in [0.15, 0.2) is 28.9 Å². The number of fused-ring (bicyclic) bond motifs is 1. The fourth-order valence-electron chi connectivity index (χ4n) is 3.79. The lowest BCUT2D eigenvalue weighted by molar-refractivity contribution is -0.0151. The van der Waals surface area contributed by atoms with E-state index in [2.05, 4.69) is 20.1 Å². The highest BCUT2D eigenvalue weighted by molar-refractivity contribution is 5.91. The lowest BCUT2D eigenvalue weighted by Crippen LogP contribution is -2.48. The zero-order valence-electron chi connectivity index (χ0n) is 19.2. The van der Waals surface area contributed by atoms with Crippen LogP contribution in [0.5, 0.6) is 11.5 Å². The third kappa shape index (κ3) is 6.67. The number of hydrogen-bond donors (Lipinski definition) is 2. The highest BCUT2D eigenvalue weighted by Gasteiger charge is 2.22. The van der Waals surface area contributed by atoms with Crippen molar-refractivity contribution in [1.29, 1.82) is 0 Å². The number of β-amino-alcohol motifs (C(OH)–C–C–N with tert-alkyl or cyclic N) is 1. The number of aromatic nitrogens is 1. The summed E-state index contributed by atoms with van der Waals surface area (Å²) in [7, 11) is 0. The SMILES string of the molecule is CC(C)OC[C@@H](O)CN1CCN(Cc2nc(C(=O)NCc3ccc4c(c3)OCO4)co2)CC1. The van der Waals surface area contributed by atoms with Crippen molar-refractivity contribution < 1.29 is 28.5 Å². The first kappa shape index (κ1) is 23.5. The second-order valence-corrected chi connectivity index (χ2v) is 8.61. The molecule has 10 heteroatoms. The average Bonchev–Trinajstić information content (AvgIpc) is 3.46. The lowest BCUT2D eigenvalue weighted by atomic mass is 10.2. The van der Waals surface area contributed by atoms with E-state index in [4.69, 9.17) is 18.6 Å². The molecular weight excluding hydrogens is 428 g/mol. The van der Waals surface area contributed by atoms with Crippen molar-refractivity contribution in [3.8, 4) is 11.5 Å². The summed E-state index contributed by atoms with van der Waals surface area (Å²) >= 11 is 0. The predicted octanol–water partition coefficient (Wildman–Crippen LogP) is 1.24. The van der Waals surface area contributed by atoms with Crippen LogP contribution >= 0.6 is 0 Å². The van der Waals surface area contributed by atoms with E-state index in [1.54, 1.807) is 0 Å². The van der Waals surface area contributed by atoms with E-state index in [0.717, 1.165) is 31.7 Å². The van der Waals surface area contributed by atoms with Gasteiger partial charge in [0.15, 0.2) is 17.2 Å². The molecule has 0 saturated carbocycles. The zero-order chi connectivity index (χ0) is 23.2. The molecule has 1 aromatic heterocycles. The number of oxazole rings is 1. The number of ether oxygens (including phenoxy) is 3. The molecule has 180 valence electrons. The van der Waals surface area contributed by atoms with Gasteiger partial charge in [-0.2, -0.15) is 0 Å². The molecular formula is C23H32N4O6. The van der Waals surface area contributed by atoms with E-state index in [0.29, 0.717) is 43.6 Å². The van der Waals surface area contributed by atoms with Crippen LogP contribution in [0.25, 0.3) is 0 Å². The van der Waals surface area contributed by atoms with Crippen molar-refractivity contribution in [2.45, 2.75) is 39.1 Å². The first-order valence-corrected chi connectivity index (χ1v) is 11.3. The number of nitrogens with one attached hydrogen (secondary N) is 1. The van der Waals surface area contributed by atoms with E-state index < -0.39 is 6.10 Å². The Bertz CT molecular complexity index is 925. The summed E-state index contributed by atoms with van der Waals surface area (Å²) in [6.45, 7) is 9.38. The maximum absolute atomic E-state index is 12.5. The van der Waals surface area contributed by atoms with Gasteiger partial charge >= 0.3 is 0 Å². The number of nitrogens with zero attached hydrogens (tertiary/aromatic N) is 3. The Balaban J connectivity index is 1.18. The van der Waals surface area contributed by atoms with Crippen molar-refractivity contribution in [3.63, 3.8) is 0 Å². The van der Waals surface area contributed by atoms with Crippen LogP contribution in [0.2, 0.25) is 0 Å².